The summed E-state index contributed by atoms with van der Waals surface area (Å²) >= 11 is 0. The molecule has 0 spiro atoms. The standard InChI is InChI=1S/C20H20N2O2/c1-14-6-2-4-8-16(14)20(24)21-12-18-17-9-5-3-7-15(17)10-11-22(18)19(23)13-21/h2-9,18H,10-13H2,1H3. The smallest absolute Gasteiger partial charge is 0.254 e. The van der Waals surface area contributed by atoms with Crippen LogP contribution in [0.3, 0.4) is 0 Å². The van der Waals surface area contributed by atoms with Crippen molar-refractivity contribution in [3.8, 4) is 0 Å². The Hall–Kier alpha value is -2.62. The Kier molecular flexibility index (Phi) is 3.60. The molecule has 0 saturated carbocycles. The minimum atomic E-state index is -0.0517. The first-order valence-corrected chi connectivity index (χ1v) is 8.37. The molecule has 24 heavy (non-hydrogen) atoms. The molecule has 2 aromatic carbocycles. The molecule has 2 aliphatic rings. The number of fused-ring (bicyclic) bond motifs is 3. The van der Waals surface area contributed by atoms with Gasteiger partial charge in [0.05, 0.1) is 6.04 Å². The molecular formula is C20H20N2O2. The summed E-state index contributed by atoms with van der Waals surface area (Å²) in [4.78, 5) is 29.1. The van der Waals surface area contributed by atoms with Gasteiger partial charge in [-0.2, -0.15) is 0 Å². The van der Waals surface area contributed by atoms with Gasteiger partial charge in [-0.25, -0.2) is 0 Å². The van der Waals surface area contributed by atoms with Crippen molar-refractivity contribution >= 4 is 11.8 Å². The van der Waals surface area contributed by atoms with Gasteiger partial charge in [0.15, 0.2) is 0 Å². The van der Waals surface area contributed by atoms with E-state index >= 15 is 0 Å². The fourth-order valence-electron chi connectivity index (χ4n) is 3.81. The summed E-state index contributed by atoms with van der Waals surface area (Å²) in [6, 6.07) is 15.8. The van der Waals surface area contributed by atoms with Gasteiger partial charge in [0.1, 0.15) is 6.54 Å². The Balaban J connectivity index is 1.66. The third kappa shape index (κ3) is 2.39. The Morgan fingerprint density at radius 3 is 2.67 bits per heavy atom. The van der Waals surface area contributed by atoms with Gasteiger partial charge in [-0.05, 0) is 36.1 Å². The van der Waals surface area contributed by atoms with Crippen LogP contribution in [0, 0.1) is 6.92 Å². The molecule has 1 atom stereocenters. The molecule has 122 valence electrons. The largest absolute Gasteiger partial charge is 0.332 e. The van der Waals surface area contributed by atoms with Crippen molar-refractivity contribution in [2.75, 3.05) is 19.6 Å². The SMILES string of the molecule is Cc1ccccc1C(=O)N1CC(=O)N2CCc3ccccc3C2C1. The highest BCUT2D eigenvalue weighted by molar-refractivity contribution is 5.98. The van der Waals surface area contributed by atoms with Crippen LogP contribution in [-0.2, 0) is 11.2 Å². The van der Waals surface area contributed by atoms with E-state index in [0.29, 0.717) is 12.1 Å². The molecule has 2 amide bonds. The van der Waals surface area contributed by atoms with E-state index in [9.17, 15) is 9.59 Å². The summed E-state index contributed by atoms with van der Waals surface area (Å²) in [7, 11) is 0. The molecule has 2 aromatic rings. The van der Waals surface area contributed by atoms with Gasteiger partial charge < -0.3 is 9.80 Å². The molecule has 1 fully saturated rings. The number of carbonyl (C=O) groups is 2. The summed E-state index contributed by atoms with van der Waals surface area (Å²) in [5.41, 5.74) is 4.10. The van der Waals surface area contributed by atoms with Crippen molar-refractivity contribution < 1.29 is 9.59 Å². The van der Waals surface area contributed by atoms with Crippen LogP contribution in [-0.4, -0.2) is 41.2 Å². The van der Waals surface area contributed by atoms with Crippen molar-refractivity contribution in [1.82, 2.24) is 9.80 Å². The lowest BCUT2D eigenvalue weighted by molar-refractivity contribution is -0.139. The van der Waals surface area contributed by atoms with Gasteiger partial charge in [0.2, 0.25) is 5.91 Å². The predicted molar refractivity (Wildman–Crippen MR) is 91.7 cm³/mol. The molecular weight excluding hydrogens is 300 g/mol. The van der Waals surface area contributed by atoms with Crippen LogP contribution in [0.5, 0.6) is 0 Å². The first kappa shape index (κ1) is 14.9. The first-order valence-electron chi connectivity index (χ1n) is 8.37. The third-order valence-corrected chi connectivity index (χ3v) is 5.11. The number of benzene rings is 2. The van der Waals surface area contributed by atoms with Crippen LogP contribution in [0.2, 0.25) is 0 Å². The van der Waals surface area contributed by atoms with Gasteiger partial charge >= 0.3 is 0 Å². The van der Waals surface area contributed by atoms with E-state index in [4.69, 9.17) is 0 Å². The maximum Gasteiger partial charge on any atom is 0.254 e. The van der Waals surface area contributed by atoms with Crippen molar-refractivity contribution in [3.63, 3.8) is 0 Å². The van der Waals surface area contributed by atoms with E-state index in [1.165, 1.54) is 11.1 Å². The summed E-state index contributed by atoms with van der Waals surface area (Å²) in [6.07, 6.45) is 0.893. The number of aryl methyl sites for hydroxylation is 1. The lowest BCUT2D eigenvalue weighted by Crippen LogP contribution is -2.55. The molecule has 2 aliphatic heterocycles. The van der Waals surface area contributed by atoms with Crippen molar-refractivity contribution in [2.24, 2.45) is 0 Å². The van der Waals surface area contributed by atoms with Gasteiger partial charge in [0.25, 0.3) is 5.91 Å². The predicted octanol–water partition coefficient (Wildman–Crippen LogP) is 2.58. The fraction of sp³-hybridized carbons (Fsp3) is 0.300. The Morgan fingerprint density at radius 1 is 1.08 bits per heavy atom. The third-order valence-electron chi connectivity index (χ3n) is 5.11. The van der Waals surface area contributed by atoms with E-state index in [1.54, 1.807) is 4.90 Å². The molecule has 1 saturated heterocycles. The van der Waals surface area contributed by atoms with Gasteiger partial charge in [-0.1, -0.05) is 42.5 Å². The number of hydrogen-bond acceptors (Lipinski definition) is 2. The quantitative estimate of drug-likeness (QED) is 0.810. The molecule has 0 aromatic heterocycles. The lowest BCUT2D eigenvalue weighted by Gasteiger charge is -2.44. The number of piperazine rings is 1. The van der Waals surface area contributed by atoms with Gasteiger partial charge in [-0.15, -0.1) is 0 Å². The Morgan fingerprint density at radius 2 is 1.83 bits per heavy atom. The fourth-order valence-corrected chi connectivity index (χ4v) is 3.81. The Bertz CT molecular complexity index is 815. The number of hydrogen-bond donors (Lipinski definition) is 0. The first-order chi connectivity index (χ1) is 11.6. The van der Waals surface area contributed by atoms with E-state index in [-0.39, 0.29) is 24.4 Å². The monoisotopic (exact) mass is 320 g/mol. The molecule has 2 heterocycles. The highest BCUT2D eigenvalue weighted by Crippen LogP contribution is 2.33. The number of nitrogens with zero attached hydrogens (tertiary/aromatic N) is 2. The zero-order chi connectivity index (χ0) is 16.7. The number of rotatable bonds is 1. The van der Waals surface area contributed by atoms with Crippen molar-refractivity contribution in [3.05, 3.63) is 70.8 Å². The highest BCUT2D eigenvalue weighted by atomic mass is 16.2. The number of amides is 2. The molecule has 4 heteroatoms. The minimum Gasteiger partial charge on any atom is -0.332 e. The van der Waals surface area contributed by atoms with Crippen molar-refractivity contribution in [2.45, 2.75) is 19.4 Å². The van der Waals surface area contributed by atoms with Crippen molar-refractivity contribution in [1.29, 1.82) is 0 Å². The van der Waals surface area contributed by atoms with Crippen LogP contribution in [0.4, 0.5) is 0 Å². The summed E-state index contributed by atoms with van der Waals surface area (Å²) in [5.74, 6) is -0.00755. The number of carbonyl (C=O) groups excluding carboxylic acids is 2. The minimum absolute atomic E-state index is 0.0239. The van der Waals surface area contributed by atoms with Crippen LogP contribution in [0.15, 0.2) is 48.5 Å². The molecule has 1 unspecified atom stereocenters. The van der Waals surface area contributed by atoms with E-state index in [0.717, 1.165) is 18.5 Å². The van der Waals surface area contributed by atoms with E-state index in [1.807, 2.05) is 48.2 Å². The zero-order valence-electron chi connectivity index (χ0n) is 13.7. The maximum atomic E-state index is 12.9. The summed E-state index contributed by atoms with van der Waals surface area (Å²) < 4.78 is 0. The average Bonchev–Trinajstić information content (AvgIpc) is 2.61. The maximum absolute atomic E-state index is 12.9. The highest BCUT2D eigenvalue weighted by Gasteiger charge is 2.38. The molecule has 0 N–H and O–H groups in total. The second-order valence-corrected chi connectivity index (χ2v) is 6.55. The summed E-state index contributed by atoms with van der Waals surface area (Å²) in [5, 5.41) is 0. The van der Waals surface area contributed by atoms with Crippen LogP contribution < -0.4 is 0 Å². The Labute approximate surface area is 141 Å². The summed E-state index contributed by atoms with van der Waals surface area (Å²) in [6.45, 7) is 3.41. The molecule has 0 radical (unpaired) electrons. The van der Waals surface area contributed by atoms with Gasteiger partial charge in [-0.3, -0.25) is 9.59 Å². The molecule has 0 bridgehead atoms. The molecule has 0 aliphatic carbocycles. The van der Waals surface area contributed by atoms with Crippen LogP contribution >= 0.6 is 0 Å². The second kappa shape index (κ2) is 5.78. The average molecular weight is 320 g/mol. The van der Waals surface area contributed by atoms with Gasteiger partial charge in [0, 0.05) is 18.7 Å². The van der Waals surface area contributed by atoms with Crippen LogP contribution in [0.1, 0.15) is 33.1 Å². The zero-order valence-corrected chi connectivity index (χ0v) is 13.7. The van der Waals surface area contributed by atoms with E-state index < -0.39 is 0 Å². The normalized spacial score (nSPS) is 19.7. The second-order valence-electron chi connectivity index (χ2n) is 6.55. The molecule has 4 nitrogen and oxygen atoms in total. The topological polar surface area (TPSA) is 40.6 Å². The molecule has 4 rings (SSSR count). The lowest BCUT2D eigenvalue weighted by atomic mass is 9.90. The van der Waals surface area contributed by atoms with Crippen LogP contribution in [0.25, 0.3) is 0 Å². The van der Waals surface area contributed by atoms with E-state index in [2.05, 4.69) is 12.1 Å².